The van der Waals surface area contributed by atoms with Crippen molar-refractivity contribution in [2.24, 2.45) is 0 Å². The lowest BCUT2D eigenvalue weighted by molar-refractivity contribution is 1.18. The van der Waals surface area contributed by atoms with Gasteiger partial charge in [-0.1, -0.05) is 116 Å². The summed E-state index contributed by atoms with van der Waals surface area (Å²) >= 11 is 0. The Morgan fingerprint density at radius 3 is 1.74 bits per heavy atom. The van der Waals surface area contributed by atoms with E-state index in [2.05, 4.69) is 186 Å². The standard InChI is InChI=1S/C50H35N3/c1-3-36(40-27-29-49-46(32-40)44-17-7-9-18-47(44)52(49)41-13-5-4-6-14-41)23-20-34(2)38-26-28-50-45(31-38)43-16-8-10-19-48(43)53(50)42-15-11-12-39(30-42)37-24-21-35(33-51)22-25-37/h3-32H,2H2,1H3/b23-20-,36-3+. The van der Waals surface area contributed by atoms with Gasteiger partial charge in [-0.25, -0.2) is 0 Å². The Bertz CT molecular complexity index is 2960. The molecular weight excluding hydrogens is 643 g/mol. The van der Waals surface area contributed by atoms with E-state index >= 15 is 0 Å². The van der Waals surface area contributed by atoms with E-state index < -0.39 is 0 Å². The summed E-state index contributed by atoms with van der Waals surface area (Å²) in [5, 5.41) is 14.1. The van der Waals surface area contributed by atoms with Gasteiger partial charge in [-0.2, -0.15) is 5.26 Å². The molecule has 3 nitrogen and oxygen atoms in total. The minimum absolute atomic E-state index is 0.659. The third-order valence-electron chi connectivity index (χ3n) is 10.3. The number of nitrogens with zero attached hydrogens (tertiary/aromatic N) is 3. The van der Waals surface area contributed by atoms with Crippen LogP contribution in [0.3, 0.4) is 0 Å². The molecule has 0 atom stereocenters. The van der Waals surface area contributed by atoms with Crippen molar-refractivity contribution < 1.29 is 0 Å². The van der Waals surface area contributed by atoms with Crippen molar-refractivity contribution in [2.45, 2.75) is 6.92 Å². The first-order valence-electron chi connectivity index (χ1n) is 17.9. The molecule has 0 spiro atoms. The van der Waals surface area contributed by atoms with Crippen molar-refractivity contribution in [1.29, 1.82) is 5.26 Å². The first kappa shape index (κ1) is 31.8. The Labute approximate surface area is 308 Å². The van der Waals surface area contributed by atoms with Gasteiger partial charge in [-0.15, -0.1) is 0 Å². The molecule has 0 saturated carbocycles. The van der Waals surface area contributed by atoms with E-state index in [0.29, 0.717) is 5.56 Å². The van der Waals surface area contributed by atoms with Gasteiger partial charge >= 0.3 is 0 Å². The highest BCUT2D eigenvalue weighted by atomic mass is 15.0. The summed E-state index contributed by atoms with van der Waals surface area (Å²) in [5.41, 5.74) is 14.1. The molecule has 0 bridgehead atoms. The second kappa shape index (κ2) is 13.2. The van der Waals surface area contributed by atoms with Crippen molar-refractivity contribution in [3.8, 4) is 28.6 Å². The van der Waals surface area contributed by atoms with Gasteiger partial charge in [0.05, 0.1) is 33.7 Å². The van der Waals surface area contributed by atoms with Crippen LogP contribution in [0.25, 0.3) is 77.3 Å². The van der Waals surface area contributed by atoms with Gasteiger partial charge in [0.25, 0.3) is 0 Å². The van der Waals surface area contributed by atoms with E-state index in [1.54, 1.807) is 0 Å². The molecule has 0 aliphatic rings. The second-order valence-electron chi connectivity index (χ2n) is 13.3. The van der Waals surface area contributed by atoms with Gasteiger partial charge in [0, 0.05) is 32.9 Å². The molecule has 7 aromatic carbocycles. The van der Waals surface area contributed by atoms with Crippen molar-refractivity contribution in [3.05, 3.63) is 205 Å². The maximum Gasteiger partial charge on any atom is 0.0991 e. The molecule has 3 heteroatoms. The number of hydrogen-bond donors (Lipinski definition) is 0. The van der Waals surface area contributed by atoms with Gasteiger partial charge in [-0.3, -0.25) is 0 Å². The summed E-state index contributed by atoms with van der Waals surface area (Å²) in [6, 6.07) is 59.8. The summed E-state index contributed by atoms with van der Waals surface area (Å²) in [6.07, 6.45) is 6.49. The fourth-order valence-corrected chi connectivity index (χ4v) is 7.67. The summed E-state index contributed by atoms with van der Waals surface area (Å²) in [4.78, 5) is 0. The predicted octanol–water partition coefficient (Wildman–Crippen LogP) is 13.1. The molecular formula is C50H35N3. The average molecular weight is 678 g/mol. The average Bonchev–Trinajstić information content (AvgIpc) is 3.74. The van der Waals surface area contributed by atoms with Crippen LogP contribution in [-0.4, -0.2) is 9.13 Å². The first-order chi connectivity index (χ1) is 26.1. The highest BCUT2D eigenvalue weighted by Gasteiger charge is 2.15. The van der Waals surface area contributed by atoms with Crippen molar-refractivity contribution in [3.63, 3.8) is 0 Å². The van der Waals surface area contributed by atoms with E-state index in [1.807, 2.05) is 24.3 Å². The molecule has 2 aromatic heterocycles. The monoisotopic (exact) mass is 677 g/mol. The molecule has 53 heavy (non-hydrogen) atoms. The Kier molecular flexibility index (Phi) is 7.92. The van der Waals surface area contributed by atoms with Crippen LogP contribution < -0.4 is 0 Å². The lowest BCUT2D eigenvalue weighted by Gasteiger charge is -2.11. The molecule has 0 amide bonds. The van der Waals surface area contributed by atoms with Gasteiger partial charge in [0.2, 0.25) is 0 Å². The Balaban J connectivity index is 1.06. The van der Waals surface area contributed by atoms with Crippen LogP contribution in [0.1, 0.15) is 23.6 Å². The fraction of sp³-hybridized carbons (Fsp3) is 0.0200. The fourth-order valence-electron chi connectivity index (χ4n) is 7.67. The molecule has 250 valence electrons. The van der Waals surface area contributed by atoms with Crippen LogP contribution in [-0.2, 0) is 0 Å². The van der Waals surface area contributed by atoms with Crippen LogP contribution in [0.4, 0.5) is 0 Å². The minimum atomic E-state index is 0.659. The van der Waals surface area contributed by atoms with Crippen molar-refractivity contribution in [2.75, 3.05) is 0 Å². The SMILES string of the molecule is C=C(/C=C\C(=C/C)c1ccc2c(c1)c1ccccc1n2-c1ccccc1)c1ccc2c(c1)c1ccccc1n2-c1cccc(-c2ccc(C#N)cc2)c1. The normalized spacial score (nSPS) is 12.0. The second-order valence-corrected chi connectivity index (χ2v) is 13.3. The zero-order valence-electron chi connectivity index (χ0n) is 29.4. The van der Waals surface area contributed by atoms with Gasteiger partial charge in [0.1, 0.15) is 0 Å². The Morgan fingerprint density at radius 2 is 1.08 bits per heavy atom. The lowest BCUT2D eigenvalue weighted by Crippen LogP contribution is -1.94. The molecule has 0 saturated heterocycles. The maximum absolute atomic E-state index is 9.26. The zero-order valence-corrected chi connectivity index (χ0v) is 29.4. The van der Waals surface area contributed by atoms with E-state index in [1.165, 1.54) is 38.1 Å². The van der Waals surface area contributed by atoms with Crippen LogP contribution in [0.5, 0.6) is 0 Å². The molecule has 9 rings (SSSR count). The molecule has 0 aliphatic carbocycles. The first-order valence-corrected chi connectivity index (χ1v) is 17.9. The van der Waals surface area contributed by atoms with Crippen LogP contribution in [0.2, 0.25) is 0 Å². The van der Waals surface area contributed by atoms with E-state index in [0.717, 1.165) is 50.2 Å². The third-order valence-corrected chi connectivity index (χ3v) is 10.3. The molecule has 0 radical (unpaired) electrons. The van der Waals surface area contributed by atoms with E-state index in [-0.39, 0.29) is 0 Å². The quantitative estimate of drug-likeness (QED) is 0.155. The topological polar surface area (TPSA) is 33.6 Å². The number of fused-ring (bicyclic) bond motifs is 6. The van der Waals surface area contributed by atoms with Crippen LogP contribution >= 0.6 is 0 Å². The summed E-state index contributed by atoms with van der Waals surface area (Å²) in [7, 11) is 0. The van der Waals surface area contributed by atoms with Crippen LogP contribution in [0, 0.1) is 11.3 Å². The number of rotatable bonds is 7. The largest absolute Gasteiger partial charge is 0.309 e. The van der Waals surface area contributed by atoms with Crippen LogP contribution in [0.15, 0.2) is 189 Å². The molecule has 0 unspecified atom stereocenters. The third kappa shape index (κ3) is 5.55. The Hall–Kier alpha value is -7.15. The smallest absolute Gasteiger partial charge is 0.0991 e. The zero-order chi connectivity index (χ0) is 35.9. The highest BCUT2D eigenvalue weighted by Crippen LogP contribution is 2.37. The Morgan fingerprint density at radius 1 is 0.509 bits per heavy atom. The summed E-state index contributed by atoms with van der Waals surface area (Å²) < 4.78 is 4.68. The van der Waals surface area contributed by atoms with Gasteiger partial charge in [0.15, 0.2) is 0 Å². The molecule has 0 fully saturated rings. The highest BCUT2D eigenvalue weighted by molar-refractivity contribution is 6.11. The van der Waals surface area contributed by atoms with Gasteiger partial charge in [-0.05, 0) is 113 Å². The number of aromatic nitrogens is 2. The maximum atomic E-state index is 9.26. The molecule has 0 N–H and O–H groups in total. The predicted molar refractivity (Wildman–Crippen MR) is 224 cm³/mol. The summed E-state index contributed by atoms with van der Waals surface area (Å²) in [5.74, 6) is 0. The summed E-state index contributed by atoms with van der Waals surface area (Å²) in [6.45, 7) is 6.61. The van der Waals surface area contributed by atoms with Crippen molar-refractivity contribution in [1.82, 2.24) is 9.13 Å². The van der Waals surface area contributed by atoms with Crippen molar-refractivity contribution >= 4 is 54.8 Å². The van der Waals surface area contributed by atoms with E-state index in [4.69, 9.17) is 0 Å². The number of allylic oxidation sites excluding steroid dienone is 5. The number of nitriles is 1. The lowest BCUT2D eigenvalue weighted by atomic mass is 9.99. The number of hydrogen-bond acceptors (Lipinski definition) is 1. The van der Waals surface area contributed by atoms with E-state index in [9.17, 15) is 5.26 Å². The molecule has 9 aromatic rings. The minimum Gasteiger partial charge on any atom is -0.309 e. The molecule has 0 aliphatic heterocycles. The number of para-hydroxylation sites is 3. The number of benzene rings is 7. The molecule has 2 heterocycles. The van der Waals surface area contributed by atoms with Gasteiger partial charge < -0.3 is 9.13 Å².